The summed E-state index contributed by atoms with van der Waals surface area (Å²) < 4.78 is 11.2. The largest absolute Gasteiger partial charge is 0.491 e. The molecule has 0 radical (unpaired) electrons. The van der Waals surface area contributed by atoms with Crippen LogP contribution >= 0.6 is 0 Å². The normalized spacial score (nSPS) is 13.7. The third-order valence-electron chi connectivity index (χ3n) is 3.17. The minimum absolute atomic E-state index is 0.0986. The molecule has 0 spiro atoms. The molecule has 1 aliphatic carbocycles. The van der Waals surface area contributed by atoms with Crippen LogP contribution in [-0.4, -0.2) is 31.5 Å². The van der Waals surface area contributed by atoms with Crippen LogP contribution in [0.3, 0.4) is 0 Å². The molecule has 0 aliphatic heterocycles. The molecule has 0 atom stereocenters. The van der Waals surface area contributed by atoms with E-state index in [9.17, 15) is 0 Å². The molecular weight excluding hydrogens is 252 g/mol. The number of ether oxygens (including phenoxy) is 2. The lowest BCUT2D eigenvalue weighted by Gasteiger charge is -2.07. The van der Waals surface area contributed by atoms with Gasteiger partial charge in [0.25, 0.3) is 0 Å². The molecule has 2 rings (SSSR count). The van der Waals surface area contributed by atoms with E-state index in [0.29, 0.717) is 19.6 Å². The maximum Gasteiger partial charge on any atom is 0.120 e. The van der Waals surface area contributed by atoms with E-state index in [1.54, 1.807) is 0 Å². The van der Waals surface area contributed by atoms with Crippen molar-refractivity contribution < 1.29 is 14.6 Å². The summed E-state index contributed by atoms with van der Waals surface area (Å²) in [6.07, 6.45) is 4.45. The van der Waals surface area contributed by atoms with Gasteiger partial charge in [-0.15, -0.1) is 0 Å². The highest BCUT2D eigenvalue weighted by atomic mass is 16.5. The van der Waals surface area contributed by atoms with E-state index in [4.69, 9.17) is 14.6 Å². The first-order valence-electron chi connectivity index (χ1n) is 7.29. The maximum atomic E-state index is 8.68. The van der Waals surface area contributed by atoms with Crippen molar-refractivity contribution in [3.8, 4) is 17.6 Å². The maximum absolute atomic E-state index is 8.68. The minimum atomic E-state index is 0.0986. The Labute approximate surface area is 120 Å². The molecule has 1 aromatic carbocycles. The molecule has 3 heteroatoms. The Balaban J connectivity index is 1.64. The molecule has 0 heterocycles. The van der Waals surface area contributed by atoms with E-state index >= 15 is 0 Å². The van der Waals surface area contributed by atoms with E-state index in [1.165, 1.54) is 19.3 Å². The molecule has 0 aromatic heterocycles. The third-order valence-corrected chi connectivity index (χ3v) is 3.17. The standard InChI is InChI=1S/C17H22O3/c18-10-2-1-4-16-5-3-6-17(14-16)20-13-12-19-11-9-15-7-8-15/h3,5-6,14-15,18H,2,7-13H2. The molecule has 20 heavy (non-hydrogen) atoms. The lowest BCUT2D eigenvalue weighted by molar-refractivity contribution is 0.0958. The zero-order chi connectivity index (χ0) is 14.0. The predicted molar refractivity (Wildman–Crippen MR) is 78.7 cm³/mol. The number of hydrogen-bond donors (Lipinski definition) is 1. The average molecular weight is 274 g/mol. The van der Waals surface area contributed by atoms with Gasteiger partial charge in [0.2, 0.25) is 0 Å². The summed E-state index contributed by atoms with van der Waals surface area (Å²) in [5.74, 6) is 7.63. The van der Waals surface area contributed by atoms with Crippen LogP contribution < -0.4 is 4.74 Å². The highest BCUT2D eigenvalue weighted by Crippen LogP contribution is 2.32. The van der Waals surface area contributed by atoms with E-state index in [0.717, 1.165) is 23.8 Å². The van der Waals surface area contributed by atoms with Crippen molar-refractivity contribution in [2.24, 2.45) is 5.92 Å². The zero-order valence-corrected chi connectivity index (χ0v) is 11.8. The number of aliphatic hydroxyl groups excluding tert-OH is 1. The van der Waals surface area contributed by atoms with Gasteiger partial charge in [-0.1, -0.05) is 30.7 Å². The van der Waals surface area contributed by atoms with E-state index < -0.39 is 0 Å². The van der Waals surface area contributed by atoms with Gasteiger partial charge in [-0.2, -0.15) is 0 Å². The first-order chi connectivity index (χ1) is 9.88. The highest BCUT2D eigenvalue weighted by molar-refractivity contribution is 5.39. The van der Waals surface area contributed by atoms with Crippen molar-refractivity contribution in [1.82, 2.24) is 0 Å². The van der Waals surface area contributed by atoms with Crippen LogP contribution in [0.1, 0.15) is 31.2 Å². The average Bonchev–Trinajstić information content (AvgIpc) is 3.28. The summed E-state index contributed by atoms with van der Waals surface area (Å²) in [6.45, 7) is 2.15. The molecule has 1 aromatic rings. The molecule has 0 bridgehead atoms. The van der Waals surface area contributed by atoms with Gasteiger partial charge < -0.3 is 14.6 Å². The fourth-order valence-electron chi connectivity index (χ4n) is 1.86. The first-order valence-corrected chi connectivity index (χ1v) is 7.29. The second-order valence-corrected chi connectivity index (χ2v) is 5.00. The summed E-state index contributed by atoms with van der Waals surface area (Å²) >= 11 is 0. The Morgan fingerprint density at radius 1 is 1.20 bits per heavy atom. The summed E-state index contributed by atoms with van der Waals surface area (Å²) in [4.78, 5) is 0. The van der Waals surface area contributed by atoms with Crippen LogP contribution in [0.4, 0.5) is 0 Å². The molecular formula is C17H22O3. The number of rotatable bonds is 8. The SMILES string of the molecule is OCCC#Cc1cccc(OCCOCCC2CC2)c1. The van der Waals surface area contributed by atoms with Crippen LogP contribution in [0.5, 0.6) is 5.75 Å². The van der Waals surface area contributed by atoms with Crippen LogP contribution in [0.25, 0.3) is 0 Å². The Morgan fingerprint density at radius 2 is 2.10 bits per heavy atom. The zero-order valence-electron chi connectivity index (χ0n) is 11.8. The van der Waals surface area contributed by atoms with Gasteiger partial charge in [0.1, 0.15) is 12.4 Å². The van der Waals surface area contributed by atoms with E-state index in [2.05, 4.69) is 11.8 Å². The molecule has 0 saturated heterocycles. The Hall–Kier alpha value is -1.50. The third kappa shape index (κ3) is 6.10. The fourth-order valence-corrected chi connectivity index (χ4v) is 1.86. The lowest BCUT2D eigenvalue weighted by Crippen LogP contribution is -2.07. The molecule has 1 N–H and O–H groups in total. The Kier molecular flexibility index (Phi) is 6.43. The van der Waals surface area contributed by atoms with Gasteiger partial charge in [-0.05, 0) is 30.5 Å². The number of benzene rings is 1. The number of hydrogen-bond acceptors (Lipinski definition) is 3. The number of aliphatic hydroxyl groups is 1. The van der Waals surface area contributed by atoms with Gasteiger partial charge in [0.05, 0.1) is 13.2 Å². The molecule has 0 amide bonds. The van der Waals surface area contributed by atoms with Crippen LogP contribution in [-0.2, 0) is 4.74 Å². The van der Waals surface area contributed by atoms with Gasteiger partial charge in [-0.3, -0.25) is 0 Å². The van der Waals surface area contributed by atoms with Gasteiger partial charge in [0.15, 0.2) is 0 Å². The molecule has 1 fully saturated rings. The van der Waals surface area contributed by atoms with Crippen LogP contribution in [0.15, 0.2) is 24.3 Å². The second-order valence-electron chi connectivity index (χ2n) is 5.00. The minimum Gasteiger partial charge on any atom is -0.491 e. The predicted octanol–water partition coefficient (Wildman–Crippen LogP) is 2.62. The van der Waals surface area contributed by atoms with Crippen LogP contribution in [0, 0.1) is 17.8 Å². The Bertz CT molecular complexity index is 455. The molecule has 108 valence electrons. The monoisotopic (exact) mass is 274 g/mol. The molecule has 3 nitrogen and oxygen atoms in total. The van der Waals surface area contributed by atoms with Crippen molar-refractivity contribution in [1.29, 1.82) is 0 Å². The molecule has 0 unspecified atom stereocenters. The second kappa shape index (κ2) is 8.63. The summed E-state index contributed by atoms with van der Waals surface area (Å²) in [7, 11) is 0. The van der Waals surface area contributed by atoms with Crippen LogP contribution in [0.2, 0.25) is 0 Å². The van der Waals surface area contributed by atoms with Crippen molar-refractivity contribution in [2.45, 2.75) is 25.7 Å². The highest BCUT2D eigenvalue weighted by Gasteiger charge is 2.20. The van der Waals surface area contributed by atoms with Gasteiger partial charge >= 0.3 is 0 Å². The lowest BCUT2D eigenvalue weighted by atomic mass is 10.2. The van der Waals surface area contributed by atoms with Gasteiger partial charge in [-0.25, -0.2) is 0 Å². The molecule has 1 saturated carbocycles. The first kappa shape index (κ1) is 14.9. The summed E-state index contributed by atoms with van der Waals surface area (Å²) in [5.41, 5.74) is 0.908. The van der Waals surface area contributed by atoms with E-state index in [-0.39, 0.29) is 6.61 Å². The van der Waals surface area contributed by atoms with Gasteiger partial charge in [0, 0.05) is 18.6 Å². The molecule has 1 aliphatic rings. The smallest absolute Gasteiger partial charge is 0.120 e. The van der Waals surface area contributed by atoms with Crippen molar-refractivity contribution in [3.63, 3.8) is 0 Å². The topological polar surface area (TPSA) is 38.7 Å². The van der Waals surface area contributed by atoms with Crippen molar-refractivity contribution in [3.05, 3.63) is 29.8 Å². The van der Waals surface area contributed by atoms with Crippen molar-refractivity contribution >= 4 is 0 Å². The van der Waals surface area contributed by atoms with Crippen molar-refractivity contribution in [2.75, 3.05) is 26.4 Å². The van der Waals surface area contributed by atoms with E-state index in [1.807, 2.05) is 24.3 Å². The summed E-state index contributed by atoms with van der Waals surface area (Å²) in [6, 6.07) is 7.69. The summed E-state index contributed by atoms with van der Waals surface area (Å²) in [5, 5.41) is 8.68. The fraction of sp³-hybridized carbons (Fsp3) is 0.529. The quantitative estimate of drug-likeness (QED) is 0.585. The Morgan fingerprint density at radius 3 is 2.90 bits per heavy atom.